The molecule has 0 aliphatic carbocycles. The summed E-state index contributed by atoms with van der Waals surface area (Å²) in [5, 5.41) is 11.2. The number of halogens is 2. The Balaban J connectivity index is 1.36. The van der Waals surface area contributed by atoms with Crippen LogP contribution in [0.1, 0.15) is 60.5 Å². The minimum atomic E-state index is -0.880. The first-order chi connectivity index (χ1) is 22.2. The molecule has 1 amide bonds. The minimum absolute atomic E-state index is 0.118. The van der Waals surface area contributed by atoms with Crippen molar-refractivity contribution < 1.29 is 28.9 Å². The molecule has 1 unspecified atom stereocenters. The second-order valence-corrected chi connectivity index (χ2v) is 13.1. The summed E-state index contributed by atoms with van der Waals surface area (Å²) >= 11 is 12.8. The molecule has 0 spiro atoms. The molecule has 2 aliphatic rings. The van der Waals surface area contributed by atoms with Gasteiger partial charge in [-0.05, 0) is 87.1 Å². The fourth-order valence-corrected chi connectivity index (χ4v) is 7.20. The molecule has 2 heterocycles. The number of carboxylic acids is 1. The van der Waals surface area contributed by atoms with Gasteiger partial charge in [-0.25, -0.2) is 0 Å². The zero-order chi connectivity index (χ0) is 32.9. The van der Waals surface area contributed by atoms with Crippen molar-refractivity contribution in [3.8, 4) is 17.2 Å². The van der Waals surface area contributed by atoms with E-state index in [-0.39, 0.29) is 11.3 Å². The van der Waals surface area contributed by atoms with Crippen molar-refractivity contribution >= 4 is 35.1 Å². The van der Waals surface area contributed by atoms with E-state index < -0.39 is 11.4 Å². The third-order valence-corrected chi connectivity index (χ3v) is 10.4. The number of piperidine rings is 1. The normalized spacial score (nSPS) is 19.5. The maximum Gasteiger partial charge on any atom is 0.314 e. The summed E-state index contributed by atoms with van der Waals surface area (Å²) in [4.78, 5) is 30.7. The predicted octanol–water partition coefficient (Wildman–Crippen LogP) is 7.09. The molecule has 46 heavy (non-hydrogen) atoms. The van der Waals surface area contributed by atoms with Gasteiger partial charge < -0.3 is 29.1 Å². The lowest BCUT2D eigenvalue weighted by Gasteiger charge is -2.40. The average molecular weight is 670 g/mol. The summed E-state index contributed by atoms with van der Waals surface area (Å²) in [6.07, 6.45) is 3.43. The van der Waals surface area contributed by atoms with Crippen LogP contribution in [0.4, 0.5) is 0 Å². The molecular formula is C36H42Cl2N2O6. The van der Waals surface area contributed by atoms with Gasteiger partial charge in [-0.15, -0.1) is 0 Å². The van der Waals surface area contributed by atoms with E-state index >= 15 is 0 Å². The summed E-state index contributed by atoms with van der Waals surface area (Å²) in [6, 6.07) is 18.7. The van der Waals surface area contributed by atoms with E-state index in [9.17, 15) is 14.7 Å². The van der Waals surface area contributed by atoms with Crippen molar-refractivity contribution in [1.82, 2.24) is 9.80 Å². The number of methoxy groups -OCH3 is 2. The van der Waals surface area contributed by atoms with Crippen LogP contribution in [0.15, 0.2) is 60.7 Å². The molecule has 0 aromatic heterocycles. The molecule has 10 heteroatoms. The van der Waals surface area contributed by atoms with Crippen LogP contribution < -0.4 is 14.2 Å². The monoisotopic (exact) mass is 668 g/mol. The summed E-state index contributed by atoms with van der Waals surface area (Å²) in [5.41, 5.74) is 1.12. The van der Waals surface area contributed by atoms with Crippen molar-refractivity contribution in [2.24, 2.45) is 0 Å². The molecule has 1 N–H and O–H groups in total. The third kappa shape index (κ3) is 6.80. The molecule has 1 atom stereocenters. The Morgan fingerprint density at radius 3 is 2.13 bits per heavy atom. The zero-order valence-electron chi connectivity index (χ0n) is 26.7. The second kappa shape index (κ2) is 14.5. The Labute approximate surface area is 281 Å². The number of hydrogen-bond donors (Lipinski definition) is 1. The number of carbonyl (C=O) groups excluding carboxylic acids is 1. The van der Waals surface area contributed by atoms with Gasteiger partial charge in [0.25, 0.3) is 5.91 Å². The van der Waals surface area contributed by atoms with Gasteiger partial charge in [-0.2, -0.15) is 0 Å². The Hall–Kier alpha value is -3.46. The number of carboxylic acid groups (broad SMARTS) is 1. The van der Waals surface area contributed by atoms with Gasteiger partial charge >= 0.3 is 5.97 Å². The first-order valence-corrected chi connectivity index (χ1v) is 16.6. The van der Waals surface area contributed by atoms with Crippen molar-refractivity contribution in [3.63, 3.8) is 0 Å². The largest absolute Gasteiger partial charge is 0.493 e. The van der Waals surface area contributed by atoms with Gasteiger partial charge in [0.1, 0.15) is 0 Å². The average Bonchev–Trinajstić information content (AvgIpc) is 3.53. The van der Waals surface area contributed by atoms with Crippen LogP contribution in [0.3, 0.4) is 0 Å². The highest BCUT2D eigenvalue weighted by atomic mass is 35.5. The molecule has 3 aromatic rings. The van der Waals surface area contributed by atoms with Crippen molar-refractivity contribution in [2.45, 2.75) is 49.9 Å². The van der Waals surface area contributed by atoms with E-state index in [4.69, 9.17) is 37.4 Å². The van der Waals surface area contributed by atoms with Gasteiger partial charge in [-0.3, -0.25) is 9.59 Å². The van der Waals surface area contributed by atoms with E-state index in [1.807, 2.05) is 60.4 Å². The molecule has 2 fully saturated rings. The lowest BCUT2D eigenvalue weighted by Crippen LogP contribution is -2.48. The molecule has 5 rings (SSSR count). The highest BCUT2D eigenvalue weighted by Crippen LogP contribution is 2.43. The minimum Gasteiger partial charge on any atom is -0.493 e. The van der Waals surface area contributed by atoms with Crippen molar-refractivity contribution in [3.05, 3.63) is 87.4 Å². The molecule has 0 bridgehead atoms. The highest BCUT2D eigenvalue weighted by molar-refractivity contribution is 6.42. The number of hydrogen-bond acceptors (Lipinski definition) is 6. The Morgan fingerprint density at radius 1 is 0.870 bits per heavy atom. The number of aliphatic carboxylic acids is 1. The summed E-state index contributed by atoms with van der Waals surface area (Å²) < 4.78 is 17.1. The third-order valence-electron chi connectivity index (χ3n) is 9.68. The van der Waals surface area contributed by atoms with Crippen LogP contribution in [0.2, 0.25) is 10.0 Å². The SMILES string of the molecule is CCCOc1c(OC)cc(C(=O)N2CCC(CCN3CCC(C(=O)O)(c4ccccc4)CC3)(c3ccc(Cl)c(Cl)c3)C2)cc1OC. The number of ether oxygens (including phenoxy) is 3. The summed E-state index contributed by atoms with van der Waals surface area (Å²) in [5.74, 6) is 0.491. The van der Waals surface area contributed by atoms with Crippen LogP contribution in [0, 0.1) is 0 Å². The molecule has 3 aromatic carbocycles. The number of carbonyl (C=O) groups is 2. The maximum absolute atomic E-state index is 14.0. The van der Waals surface area contributed by atoms with E-state index in [2.05, 4.69) is 4.90 Å². The van der Waals surface area contributed by atoms with Crippen molar-refractivity contribution in [2.75, 3.05) is 53.6 Å². The van der Waals surface area contributed by atoms with Crippen LogP contribution in [-0.2, 0) is 15.6 Å². The number of benzene rings is 3. The lowest BCUT2D eigenvalue weighted by atomic mass is 9.72. The van der Waals surface area contributed by atoms with E-state index in [0.29, 0.717) is 78.5 Å². The zero-order valence-corrected chi connectivity index (χ0v) is 28.2. The van der Waals surface area contributed by atoms with Crippen LogP contribution >= 0.6 is 23.2 Å². The van der Waals surface area contributed by atoms with E-state index in [1.54, 1.807) is 26.4 Å². The quantitative estimate of drug-likeness (QED) is 0.220. The molecule has 2 saturated heterocycles. The fourth-order valence-electron chi connectivity index (χ4n) is 6.90. The maximum atomic E-state index is 14.0. The predicted molar refractivity (Wildman–Crippen MR) is 180 cm³/mol. The van der Waals surface area contributed by atoms with Crippen LogP contribution in [0.25, 0.3) is 0 Å². The number of rotatable bonds is 12. The Kier molecular flexibility index (Phi) is 10.7. The number of likely N-dealkylation sites (tertiary alicyclic amines) is 2. The van der Waals surface area contributed by atoms with Gasteiger partial charge in [0.15, 0.2) is 11.5 Å². The van der Waals surface area contributed by atoms with E-state index in [0.717, 1.165) is 36.9 Å². The smallest absolute Gasteiger partial charge is 0.314 e. The standard InChI is InChI=1S/C36H42Cl2N2O6/c1-4-20-46-32-30(44-2)21-25(22-31(32)45-3)33(41)40-19-13-35(24-40,27-10-11-28(37)29(38)23-27)12-16-39-17-14-36(15-18-39,34(42)43)26-8-6-5-7-9-26/h5-11,21-23H,4,12-20,24H2,1-3H3,(H,42,43). The van der Waals surface area contributed by atoms with Gasteiger partial charge in [0.2, 0.25) is 5.75 Å². The lowest BCUT2D eigenvalue weighted by molar-refractivity contribution is -0.146. The Bertz CT molecular complexity index is 1520. The van der Waals surface area contributed by atoms with Gasteiger partial charge in [-0.1, -0.05) is 66.5 Å². The first kappa shape index (κ1) is 33.9. The van der Waals surface area contributed by atoms with Crippen LogP contribution in [-0.4, -0.2) is 80.3 Å². The molecule has 246 valence electrons. The topological polar surface area (TPSA) is 88.5 Å². The van der Waals surface area contributed by atoms with Crippen molar-refractivity contribution in [1.29, 1.82) is 0 Å². The summed E-state index contributed by atoms with van der Waals surface area (Å²) in [6.45, 7) is 5.69. The first-order valence-electron chi connectivity index (χ1n) is 15.8. The van der Waals surface area contributed by atoms with E-state index in [1.165, 1.54) is 0 Å². The molecule has 0 saturated carbocycles. The molecule has 2 aliphatic heterocycles. The highest BCUT2D eigenvalue weighted by Gasteiger charge is 2.45. The van der Waals surface area contributed by atoms with Gasteiger partial charge in [0, 0.05) is 24.1 Å². The fraction of sp³-hybridized carbons (Fsp3) is 0.444. The van der Waals surface area contributed by atoms with Crippen LogP contribution in [0.5, 0.6) is 17.2 Å². The Morgan fingerprint density at radius 2 is 1.54 bits per heavy atom. The summed E-state index contributed by atoms with van der Waals surface area (Å²) in [7, 11) is 3.10. The number of nitrogens with zero attached hydrogens (tertiary/aromatic N) is 2. The van der Waals surface area contributed by atoms with Gasteiger partial charge in [0.05, 0.1) is 36.3 Å². The second-order valence-electron chi connectivity index (χ2n) is 12.3. The molecule has 0 radical (unpaired) electrons. The molecular weight excluding hydrogens is 627 g/mol. The number of amides is 1. The molecule has 8 nitrogen and oxygen atoms in total.